The van der Waals surface area contributed by atoms with Crippen molar-refractivity contribution >= 4 is 17.7 Å². The van der Waals surface area contributed by atoms with E-state index in [1.54, 1.807) is 12.3 Å². The van der Waals surface area contributed by atoms with Gasteiger partial charge >= 0.3 is 5.97 Å². The molecule has 1 atom stereocenters. The van der Waals surface area contributed by atoms with Crippen LogP contribution in [0.3, 0.4) is 0 Å². The largest absolute Gasteiger partial charge is 0.480 e. The number of anilines is 2. The van der Waals surface area contributed by atoms with Gasteiger partial charge in [-0.15, -0.1) is 0 Å². The molecule has 0 saturated carbocycles. The fraction of sp³-hybridized carbons (Fsp3) is 0.353. The number of hydrogen-bond donors (Lipinski definition) is 2. The van der Waals surface area contributed by atoms with Gasteiger partial charge in [0.1, 0.15) is 11.9 Å². The van der Waals surface area contributed by atoms with Crippen molar-refractivity contribution in [2.75, 3.05) is 36.5 Å². The minimum absolute atomic E-state index is 0.382. The third-order valence-corrected chi connectivity index (χ3v) is 3.84. The fourth-order valence-corrected chi connectivity index (χ4v) is 2.57. The lowest BCUT2D eigenvalue weighted by molar-refractivity contribution is -0.137. The van der Waals surface area contributed by atoms with Gasteiger partial charge in [0.15, 0.2) is 0 Å². The summed E-state index contributed by atoms with van der Waals surface area (Å²) in [6.45, 7) is 2.76. The van der Waals surface area contributed by atoms with Crippen molar-refractivity contribution in [2.45, 2.75) is 12.5 Å². The summed E-state index contributed by atoms with van der Waals surface area (Å²) in [5.41, 5.74) is 0.958. The lowest BCUT2D eigenvalue weighted by Gasteiger charge is -2.27. The first-order chi connectivity index (χ1) is 11.7. The van der Waals surface area contributed by atoms with E-state index in [0.717, 1.165) is 18.7 Å². The number of carboxylic acids is 1. The van der Waals surface area contributed by atoms with Crippen LogP contribution in [0, 0.1) is 0 Å². The van der Waals surface area contributed by atoms with Gasteiger partial charge in [-0.2, -0.15) is 4.98 Å². The summed E-state index contributed by atoms with van der Waals surface area (Å²) >= 11 is 0. The van der Waals surface area contributed by atoms with E-state index >= 15 is 0 Å². The molecule has 7 nitrogen and oxygen atoms in total. The lowest BCUT2D eigenvalue weighted by Crippen LogP contribution is -2.37. The lowest BCUT2D eigenvalue weighted by atomic mass is 10.1. The van der Waals surface area contributed by atoms with E-state index in [-0.39, 0.29) is 0 Å². The molecule has 7 heteroatoms. The van der Waals surface area contributed by atoms with E-state index in [2.05, 4.69) is 15.3 Å². The number of aromatic nitrogens is 2. The quantitative estimate of drug-likeness (QED) is 0.829. The summed E-state index contributed by atoms with van der Waals surface area (Å²) in [4.78, 5) is 22.3. The van der Waals surface area contributed by atoms with Crippen molar-refractivity contribution in [3.8, 4) is 0 Å². The van der Waals surface area contributed by atoms with Crippen molar-refractivity contribution < 1.29 is 14.6 Å². The molecule has 0 aliphatic carbocycles. The summed E-state index contributed by atoms with van der Waals surface area (Å²) < 4.78 is 5.32. The predicted molar refractivity (Wildman–Crippen MR) is 90.3 cm³/mol. The SMILES string of the molecule is O=C(O)[C@@H](Cc1ccccc1)Nc1ccnc(N2CCOCC2)n1. The molecule has 0 bridgehead atoms. The smallest absolute Gasteiger partial charge is 0.326 e. The van der Waals surface area contributed by atoms with Crippen molar-refractivity contribution in [2.24, 2.45) is 0 Å². The average Bonchev–Trinajstić information content (AvgIpc) is 2.63. The maximum absolute atomic E-state index is 11.6. The molecule has 0 amide bonds. The molecule has 2 N–H and O–H groups in total. The number of benzene rings is 1. The van der Waals surface area contributed by atoms with Gasteiger partial charge in [-0.1, -0.05) is 30.3 Å². The second kappa shape index (κ2) is 7.74. The molecular weight excluding hydrogens is 308 g/mol. The van der Waals surface area contributed by atoms with E-state index in [4.69, 9.17) is 4.74 Å². The van der Waals surface area contributed by atoms with Crippen LogP contribution in [0.25, 0.3) is 0 Å². The Bertz CT molecular complexity index is 675. The fourth-order valence-electron chi connectivity index (χ4n) is 2.57. The van der Waals surface area contributed by atoms with Crippen LogP contribution in [0.5, 0.6) is 0 Å². The second-order valence-corrected chi connectivity index (χ2v) is 5.57. The molecule has 1 aliphatic rings. The molecule has 3 rings (SSSR count). The number of ether oxygens (including phenoxy) is 1. The number of aliphatic carboxylic acids is 1. The Balaban J connectivity index is 1.71. The summed E-state index contributed by atoms with van der Waals surface area (Å²) in [6.07, 6.45) is 2.02. The summed E-state index contributed by atoms with van der Waals surface area (Å²) in [5, 5.41) is 12.5. The standard InChI is InChI=1S/C17H20N4O3/c22-16(23)14(12-13-4-2-1-3-5-13)19-15-6-7-18-17(20-15)21-8-10-24-11-9-21/h1-7,14H,8-12H2,(H,22,23)(H,18,19,20)/t14-/m1/s1. The van der Waals surface area contributed by atoms with Gasteiger partial charge in [-0.05, 0) is 11.6 Å². The highest BCUT2D eigenvalue weighted by Gasteiger charge is 2.19. The Morgan fingerprint density at radius 3 is 2.71 bits per heavy atom. The Labute approximate surface area is 140 Å². The molecule has 24 heavy (non-hydrogen) atoms. The molecule has 1 fully saturated rings. The molecule has 0 unspecified atom stereocenters. The summed E-state index contributed by atoms with van der Waals surface area (Å²) in [5.74, 6) is 0.187. The number of morpholine rings is 1. The minimum Gasteiger partial charge on any atom is -0.480 e. The van der Waals surface area contributed by atoms with Gasteiger partial charge in [0.05, 0.1) is 13.2 Å². The van der Waals surface area contributed by atoms with Crippen LogP contribution < -0.4 is 10.2 Å². The van der Waals surface area contributed by atoms with Crippen LogP contribution in [0.1, 0.15) is 5.56 Å². The van der Waals surface area contributed by atoms with E-state index in [1.165, 1.54) is 0 Å². The molecule has 0 radical (unpaired) electrons. The number of carbonyl (C=O) groups is 1. The van der Waals surface area contributed by atoms with Gasteiger partial charge in [0.25, 0.3) is 0 Å². The Kier molecular flexibility index (Phi) is 5.22. The second-order valence-electron chi connectivity index (χ2n) is 5.57. The van der Waals surface area contributed by atoms with E-state index in [0.29, 0.717) is 31.4 Å². The molecule has 1 aromatic carbocycles. The highest BCUT2D eigenvalue weighted by atomic mass is 16.5. The Morgan fingerprint density at radius 2 is 2.00 bits per heavy atom. The first-order valence-corrected chi connectivity index (χ1v) is 7.91. The zero-order valence-electron chi connectivity index (χ0n) is 13.3. The number of nitrogens with zero attached hydrogens (tertiary/aromatic N) is 3. The van der Waals surface area contributed by atoms with Crippen molar-refractivity contribution in [1.29, 1.82) is 0 Å². The highest BCUT2D eigenvalue weighted by Crippen LogP contribution is 2.14. The average molecular weight is 328 g/mol. The van der Waals surface area contributed by atoms with Gasteiger partial charge in [-0.25, -0.2) is 9.78 Å². The highest BCUT2D eigenvalue weighted by molar-refractivity contribution is 5.77. The maximum Gasteiger partial charge on any atom is 0.326 e. The van der Waals surface area contributed by atoms with Gasteiger partial charge in [0.2, 0.25) is 5.95 Å². The molecule has 1 aromatic heterocycles. The normalized spacial score (nSPS) is 15.8. The van der Waals surface area contributed by atoms with Crippen molar-refractivity contribution in [3.63, 3.8) is 0 Å². The van der Waals surface area contributed by atoms with Gasteiger partial charge in [0, 0.05) is 25.7 Å². The third kappa shape index (κ3) is 4.20. The van der Waals surface area contributed by atoms with Crippen LogP contribution in [-0.2, 0) is 16.0 Å². The molecule has 0 spiro atoms. The van der Waals surface area contributed by atoms with E-state index in [1.807, 2.05) is 35.2 Å². The van der Waals surface area contributed by atoms with E-state index in [9.17, 15) is 9.90 Å². The summed E-state index contributed by atoms with van der Waals surface area (Å²) in [7, 11) is 0. The Hall–Kier alpha value is -2.67. The van der Waals surface area contributed by atoms with Crippen LogP contribution in [0.4, 0.5) is 11.8 Å². The number of nitrogens with one attached hydrogen (secondary N) is 1. The molecule has 1 aliphatic heterocycles. The van der Waals surface area contributed by atoms with Crippen molar-refractivity contribution in [1.82, 2.24) is 9.97 Å². The first-order valence-electron chi connectivity index (χ1n) is 7.91. The molecule has 1 saturated heterocycles. The molecule has 2 aromatic rings. The topological polar surface area (TPSA) is 87.6 Å². The third-order valence-electron chi connectivity index (χ3n) is 3.84. The minimum atomic E-state index is -0.912. The monoisotopic (exact) mass is 328 g/mol. The number of rotatable bonds is 6. The van der Waals surface area contributed by atoms with Gasteiger partial charge in [-0.3, -0.25) is 0 Å². The van der Waals surface area contributed by atoms with Crippen molar-refractivity contribution in [3.05, 3.63) is 48.2 Å². The summed E-state index contributed by atoms with van der Waals surface area (Å²) in [6, 6.07) is 10.5. The zero-order chi connectivity index (χ0) is 16.8. The zero-order valence-corrected chi connectivity index (χ0v) is 13.3. The van der Waals surface area contributed by atoms with Crippen LogP contribution in [0.15, 0.2) is 42.6 Å². The van der Waals surface area contributed by atoms with Crippen LogP contribution in [-0.4, -0.2) is 53.4 Å². The number of carboxylic acid groups (broad SMARTS) is 1. The molecule has 126 valence electrons. The number of hydrogen-bond acceptors (Lipinski definition) is 6. The molecular formula is C17H20N4O3. The van der Waals surface area contributed by atoms with Gasteiger partial charge < -0.3 is 20.1 Å². The Morgan fingerprint density at radius 1 is 1.25 bits per heavy atom. The van der Waals surface area contributed by atoms with Crippen LogP contribution >= 0.6 is 0 Å². The first kappa shape index (κ1) is 16.2. The maximum atomic E-state index is 11.6. The molecule has 2 heterocycles. The van der Waals surface area contributed by atoms with Crippen LogP contribution in [0.2, 0.25) is 0 Å². The van der Waals surface area contributed by atoms with E-state index < -0.39 is 12.0 Å². The predicted octanol–water partition coefficient (Wildman–Crippen LogP) is 1.42.